The van der Waals surface area contributed by atoms with E-state index in [0.29, 0.717) is 12.8 Å². The number of carbonyl (C=O) groups is 1. The standard InChI is InChI=1S/C47H91NO8/c1-3-5-7-9-11-13-15-17-19-21-23-25-27-29-31-33-35-37-43(51)48-40(39-55-47-46(54)45(53)44(52)42(38-49)56-47)41(50)36-34-32-30-28-26-24-22-20-18-16-14-12-10-8-6-4-2/h17,19,40-42,44-47,49-50,52-54H,3-16,18,20-39H2,1-2H3,(H,48,51)/b19-17-. The minimum atomic E-state index is -1.55. The van der Waals surface area contributed by atoms with E-state index in [4.69, 9.17) is 9.47 Å². The Bertz CT molecular complexity index is 888. The van der Waals surface area contributed by atoms with Crippen LogP contribution < -0.4 is 5.32 Å². The Morgan fingerprint density at radius 3 is 1.45 bits per heavy atom. The third-order valence-electron chi connectivity index (χ3n) is 11.6. The highest BCUT2D eigenvalue weighted by Gasteiger charge is 2.44. The maximum Gasteiger partial charge on any atom is 0.220 e. The summed E-state index contributed by atoms with van der Waals surface area (Å²) in [6.45, 7) is 3.84. The zero-order valence-electron chi connectivity index (χ0n) is 36.4. The van der Waals surface area contributed by atoms with Gasteiger partial charge in [-0.3, -0.25) is 4.79 Å². The topological polar surface area (TPSA) is 149 Å². The van der Waals surface area contributed by atoms with Crippen LogP contribution in [0.25, 0.3) is 0 Å². The summed E-state index contributed by atoms with van der Waals surface area (Å²) in [5, 5.41) is 54.4. The van der Waals surface area contributed by atoms with Gasteiger partial charge in [-0.05, 0) is 38.5 Å². The first-order chi connectivity index (χ1) is 27.3. The van der Waals surface area contributed by atoms with Crippen molar-refractivity contribution in [3.8, 4) is 0 Å². The van der Waals surface area contributed by atoms with E-state index in [1.54, 1.807) is 0 Å². The van der Waals surface area contributed by atoms with E-state index in [1.165, 1.54) is 161 Å². The van der Waals surface area contributed by atoms with Crippen molar-refractivity contribution in [1.82, 2.24) is 5.32 Å². The first-order valence-electron chi connectivity index (χ1n) is 23.9. The molecule has 9 heteroatoms. The number of rotatable bonds is 40. The number of nitrogens with one attached hydrogen (secondary N) is 1. The first-order valence-corrected chi connectivity index (χ1v) is 23.9. The van der Waals surface area contributed by atoms with Gasteiger partial charge in [0.1, 0.15) is 24.4 Å². The van der Waals surface area contributed by atoms with Gasteiger partial charge in [0.15, 0.2) is 6.29 Å². The summed E-state index contributed by atoms with van der Waals surface area (Å²) in [4.78, 5) is 13.0. The molecule has 0 spiro atoms. The predicted octanol–water partition coefficient (Wildman–Crippen LogP) is 10.1. The number of hydrogen-bond donors (Lipinski definition) is 6. The van der Waals surface area contributed by atoms with Crippen LogP contribution in [0.5, 0.6) is 0 Å². The molecule has 1 heterocycles. The van der Waals surface area contributed by atoms with Gasteiger partial charge < -0.3 is 40.3 Å². The highest BCUT2D eigenvalue weighted by molar-refractivity contribution is 5.76. The lowest BCUT2D eigenvalue weighted by molar-refractivity contribution is -0.302. The van der Waals surface area contributed by atoms with Gasteiger partial charge in [-0.15, -0.1) is 0 Å². The Morgan fingerprint density at radius 2 is 1.00 bits per heavy atom. The Labute approximate surface area is 344 Å². The molecule has 7 unspecified atom stereocenters. The molecule has 1 fully saturated rings. The SMILES string of the molecule is CCCCCCCC/C=C\CCCCCCCCCC(=O)NC(COC1OC(CO)C(O)C(O)C1O)C(O)CCCCCCCCCCCCCCCCCC. The van der Waals surface area contributed by atoms with Gasteiger partial charge in [-0.2, -0.15) is 0 Å². The number of aliphatic hydroxyl groups is 5. The van der Waals surface area contributed by atoms with E-state index < -0.39 is 49.5 Å². The normalized spacial score (nSPS) is 21.2. The molecule has 7 atom stereocenters. The molecule has 9 nitrogen and oxygen atoms in total. The fourth-order valence-electron chi connectivity index (χ4n) is 7.74. The van der Waals surface area contributed by atoms with Crippen molar-refractivity contribution >= 4 is 5.91 Å². The maximum atomic E-state index is 13.0. The molecule has 56 heavy (non-hydrogen) atoms. The van der Waals surface area contributed by atoms with Crippen LogP contribution in [0.1, 0.15) is 226 Å². The quantitative estimate of drug-likeness (QED) is 0.0265. The lowest BCUT2D eigenvalue weighted by Gasteiger charge is -2.40. The van der Waals surface area contributed by atoms with Crippen molar-refractivity contribution in [2.24, 2.45) is 0 Å². The number of ether oxygens (including phenoxy) is 2. The fourth-order valence-corrected chi connectivity index (χ4v) is 7.74. The number of hydrogen-bond acceptors (Lipinski definition) is 8. The largest absolute Gasteiger partial charge is 0.394 e. The van der Waals surface area contributed by atoms with Crippen molar-refractivity contribution < 1.29 is 39.8 Å². The molecule has 0 radical (unpaired) electrons. The van der Waals surface area contributed by atoms with Gasteiger partial charge in [-0.1, -0.05) is 193 Å². The summed E-state index contributed by atoms with van der Waals surface area (Å²) in [6.07, 6.45) is 36.4. The number of carbonyl (C=O) groups excluding carboxylic acids is 1. The summed E-state index contributed by atoms with van der Waals surface area (Å²) in [5.41, 5.74) is 0. The van der Waals surface area contributed by atoms with E-state index >= 15 is 0 Å². The molecule has 1 amide bonds. The lowest BCUT2D eigenvalue weighted by atomic mass is 9.99. The Balaban J connectivity index is 2.31. The molecule has 0 saturated carbocycles. The predicted molar refractivity (Wildman–Crippen MR) is 231 cm³/mol. The van der Waals surface area contributed by atoms with Gasteiger partial charge in [0, 0.05) is 6.42 Å². The number of unbranched alkanes of at least 4 members (excludes halogenated alkanes) is 28. The number of allylic oxidation sites excluding steroid dienone is 2. The van der Waals surface area contributed by atoms with Crippen LogP contribution in [0.2, 0.25) is 0 Å². The second kappa shape index (κ2) is 38.2. The average Bonchev–Trinajstić information content (AvgIpc) is 3.20. The third-order valence-corrected chi connectivity index (χ3v) is 11.6. The van der Waals surface area contributed by atoms with Gasteiger partial charge in [0.25, 0.3) is 0 Å². The second-order valence-corrected chi connectivity index (χ2v) is 16.9. The van der Waals surface area contributed by atoms with E-state index in [9.17, 15) is 30.3 Å². The van der Waals surface area contributed by atoms with Crippen LogP contribution in [0, 0.1) is 0 Å². The van der Waals surface area contributed by atoms with Crippen LogP contribution in [-0.2, 0) is 14.3 Å². The van der Waals surface area contributed by atoms with E-state index in [-0.39, 0.29) is 12.5 Å². The lowest BCUT2D eigenvalue weighted by Crippen LogP contribution is -2.60. The average molecular weight is 798 g/mol. The molecule has 0 aromatic rings. The Kier molecular flexibility index (Phi) is 36.1. The van der Waals surface area contributed by atoms with Crippen LogP contribution in [0.15, 0.2) is 12.2 Å². The highest BCUT2D eigenvalue weighted by atomic mass is 16.7. The zero-order valence-corrected chi connectivity index (χ0v) is 36.4. The molecule has 1 aliphatic heterocycles. The Hall–Kier alpha value is -1.07. The molecule has 0 aromatic carbocycles. The number of aliphatic hydroxyl groups excluding tert-OH is 5. The molecule has 1 saturated heterocycles. The van der Waals surface area contributed by atoms with Crippen LogP contribution >= 0.6 is 0 Å². The number of amides is 1. The molecule has 332 valence electrons. The van der Waals surface area contributed by atoms with Crippen molar-refractivity contribution in [1.29, 1.82) is 0 Å². The monoisotopic (exact) mass is 798 g/mol. The maximum absolute atomic E-state index is 13.0. The van der Waals surface area contributed by atoms with Crippen LogP contribution in [-0.4, -0.2) is 87.5 Å². The van der Waals surface area contributed by atoms with Gasteiger partial charge in [-0.25, -0.2) is 0 Å². The molecule has 0 aromatic heterocycles. The minimum absolute atomic E-state index is 0.136. The summed E-state index contributed by atoms with van der Waals surface area (Å²) in [6, 6.07) is -0.717. The highest BCUT2D eigenvalue weighted by Crippen LogP contribution is 2.23. The summed E-state index contributed by atoms with van der Waals surface area (Å²) in [5.74, 6) is -0.147. The molecule has 6 N–H and O–H groups in total. The van der Waals surface area contributed by atoms with Crippen molar-refractivity contribution in [2.75, 3.05) is 13.2 Å². The second-order valence-electron chi connectivity index (χ2n) is 16.9. The molecule has 0 aliphatic carbocycles. The molecule has 0 bridgehead atoms. The van der Waals surface area contributed by atoms with E-state index in [0.717, 1.165) is 38.5 Å². The zero-order chi connectivity index (χ0) is 40.9. The van der Waals surface area contributed by atoms with Gasteiger partial charge >= 0.3 is 0 Å². The fraction of sp³-hybridized carbons (Fsp3) is 0.936. The minimum Gasteiger partial charge on any atom is -0.394 e. The van der Waals surface area contributed by atoms with Crippen LogP contribution in [0.3, 0.4) is 0 Å². The Morgan fingerprint density at radius 1 is 0.589 bits per heavy atom. The van der Waals surface area contributed by atoms with E-state index in [2.05, 4.69) is 31.3 Å². The van der Waals surface area contributed by atoms with Crippen molar-refractivity contribution in [3.63, 3.8) is 0 Å². The van der Waals surface area contributed by atoms with Crippen molar-refractivity contribution in [3.05, 3.63) is 12.2 Å². The molecular weight excluding hydrogens is 707 g/mol. The molecule has 1 aliphatic rings. The van der Waals surface area contributed by atoms with Crippen molar-refractivity contribution in [2.45, 2.75) is 269 Å². The smallest absolute Gasteiger partial charge is 0.220 e. The first kappa shape index (κ1) is 52.9. The summed E-state index contributed by atoms with van der Waals surface area (Å²) >= 11 is 0. The summed E-state index contributed by atoms with van der Waals surface area (Å²) in [7, 11) is 0. The molecule has 1 rings (SSSR count). The van der Waals surface area contributed by atoms with Crippen LogP contribution in [0.4, 0.5) is 0 Å². The van der Waals surface area contributed by atoms with Gasteiger partial charge in [0.2, 0.25) is 5.91 Å². The van der Waals surface area contributed by atoms with E-state index in [1.807, 2.05) is 0 Å². The molecular formula is C47H91NO8. The third kappa shape index (κ3) is 28.4. The summed E-state index contributed by atoms with van der Waals surface area (Å²) < 4.78 is 11.3. The van der Waals surface area contributed by atoms with Gasteiger partial charge in [0.05, 0.1) is 25.4 Å².